The summed E-state index contributed by atoms with van der Waals surface area (Å²) in [6, 6.07) is 5.60. The predicted octanol–water partition coefficient (Wildman–Crippen LogP) is 1.33. The molecule has 0 aliphatic carbocycles. The SMILES string of the molecule is COc1cccc2c1OCCCN(C(=O)[C@H]1C=CCN1)C2. The minimum atomic E-state index is -0.195. The number of rotatable bonds is 2. The van der Waals surface area contributed by atoms with Crippen molar-refractivity contribution in [1.29, 1.82) is 0 Å². The topological polar surface area (TPSA) is 50.8 Å². The Morgan fingerprint density at radius 1 is 1.48 bits per heavy atom. The maximum absolute atomic E-state index is 12.6. The largest absolute Gasteiger partial charge is 0.493 e. The Kier molecular flexibility index (Phi) is 4.10. The molecular formula is C16H20N2O3. The first-order chi connectivity index (χ1) is 10.3. The van der Waals surface area contributed by atoms with Gasteiger partial charge in [0.2, 0.25) is 5.91 Å². The Morgan fingerprint density at radius 2 is 2.38 bits per heavy atom. The van der Waals surface area contributed by atoms with Gasteiger partial charge in [0, 0.05) is 25.2 Å². The number of nitrogens with zero attached hydrogens (tertiary/aromatic N) is 1. The number of carbonyl (C=O) groups excluding carboxylic acids is 1. The maximum atomic E-state index is 12.6. The number of amides is 1. The Hall–Kier alpha value is -2.01. The van der Waals surface area contributed by atoms with Crippen LogP contribution in [0.2, 0.25) is 0 Å². The van der Waals surface area contributed by atoms with E-state index in [1.807, 2.05) is 35.3 Å². The molecule has 1 N–H and O–H groups in total. The molecule has 2 aliphatic heterocycles. The molecule has 112 valence electrons. The van der Waals surface area contributed by atoms with Crippen molar-refractivity contribution < 1.29 is 14.3 Å². The van der Waals surface area contributed by atoms with Crippen molar-refractivity contribution in [3.8, 4) is 11.5 Å². The van der Waals surface area contributed by atoms with Crippen LogP contribution in [0.4, 0.5) is 0 Å². The predicted molar refractivity (Wildman–Crippen MR) is 79.5 cm³/mol. The van der Waals surface area contributed by atoms with E-state index in [0.717, 1.165) is 30.0 Å². The maximum Gasteiger partial charge on any atom is 0.243 e. The van der Waals surface area contributed by atoms with E-state index in [4.69, 9.17) is 9.47 Å². The number of nitrogens with one attached hydrogen (secondary N) is 1. The van der Waals surface area contributed by atoms with E-state index in [9.17, 15) is 4.79 Å². The highest BCUT2D eigenvalue weighted by molar-refractivity contribution is 5.84. The summed E-state index contributed by atoms with van der Waals surface area (Å²) in [6.45, 7) is 2.61. The molecule has 2 heterocycles. The first kappa shape index (κ1) is 13.9. The molecule has 0 saturated carbocycles. The monoisotopic (exact) mass is 288 g/mol. The van der Waals surface area contributed by atoms with Crippen LogP contribution in [0, 0.1) is 0 Å². The summed E-state index contributed by atoms with van der Waals surface area (Å²) < 4.78 is 11.2. The van der Waals surface area contributed by atoms with Crippen molar-refractivity contribution in [3.05, 3.63) is 35.9 Å². The molecule has 3 rings (SSSR count). The molecule has 0 saturated heterocycles. The highest BCUT2D eigenvalue weighted by Crippen LogP contribution is 2.33. The lowest BCUT2D eigenvalue weighted by Crippen LogP contribution is -2.44. The van der Waals surface area contributed by atoms with Gasteiger partial charge in [0.1, 0.15) is 6.04 Å². The third kappa shape index (κ3) is 2.88. The lowest BCUT2D eigenvalue weighted by Gasteiger charge is -2.29. The van der Waals surface area contributed by atoms with E-state index in [2.05, 4.69) is 5.32 Å². The van der Waals surface area contributed by atoms with Gasteiger partial charge in [-0.15, -0.1) is 0 Å². The third-order valence-electron chi connectivity index (χ3n) is 3.82. The molecule has 2 aliphatic rings. The standard InChI is InChI=1S/C16H20N2O3/c1-20-14-7-2-5-12-11-18(9-4-10-21-15(12)14)16(19)13-6-3-8-17-13/h2-3,5-7,13,17H,4,8-11H2,1H3/t13-/m1/s1. The molecule has 21 heavy (non-hydrogen) atoms. The zero-order valence-corrected chi connectivity index (χ0v) is 12.2. The minimum Gasteiger partial charge on any atom is -0.493 e. The summed E-state index contributed by atoms with van der Waals surface area (Å²) >= 11 is 0. The fourth-order valence-corrected chi connectivity index (χ4v) is 2.75. The van der Waals surface area contributed by atoms with E-state index >= 15 is 0 Å². The van der Waals surface area contributed by atoms with Gasteiger partial charge in [-0.05, 0) is 12.5 Å². The molecule has 0 fully saturated rings. The molecule has 5 heteroatoms. The second kappa shape index (κ2) is 6.18. The van der Waals surface area contributed by atoms with Crippen LogP contribution in [-0.4, -0.2) is 43.7 Å². The van der Waals surface area contributed by atoms with E-state index in [1.165, 1.54) is 0 Å². The van der Waals surface area contributed by atoms with E-state index in [1.54, 1.807) is 7.11 Å². The summed E-state index contributed by atoms with van der Waals surface area (Å²) in [5.74, 6) is 1.60. The number of ether oxygens (including phenoxy) is 2. The minimum absolute atomic E-state index is 0.124. The number of para-hydroxylation sites is 1. The average molecular weight is 288 g/mol. The van der Waals surface area contributed by atoms with Crippen LogP contribution < -0.4 is 14.8 Å². The fourth-order valence-electron chi connectivity index (χ4n) is 2.75. The van der Waals surface area contributed by atoms with Crippen LogP contribution in [0.3, 0.4) is 0 Å². The average Bonchev–Trinajstić information content (AvgIpc) is 3.01. The molecule has 1 aromatic carbocycles. The zero-order valence-electron chi connectivity index (χ0n) is 12.2. The summed E-state index contributed by atoms with van der Waals surface area (Å²) in [5.41, 5.74) is 0.990. The van der Waals surface area contributed by atoms with Crippen molar-refractivity contribution in [2.45, 2.75) is 19.0 Å². The number of benzene rings is 1. The molecule has 1 amide bonds. The molecule has 0 unspecified atom stereocenters. The summed E-state index contributed by atoms with van der Waals surface area (Å²) in [7, 11) is 1.63. The molecular weight excluding hydrogens is 268 g/mol. The van der Waals surface area contributed by atoms with Gasteiger partial charge in [-0.2, -0.15) is 0 Å². The smallest absolute Gasteiger partial charge is 0.243 e. The van der Waals surface area contributed by atoms with Crippen LogP contribution in [0.25, 0.3) is 0 Å². The van der Waals surface area contributed by atoms with Gasteiger partial charge in [0.05, 0.1) is 13.7 Å². The number of hydrogen-bond acceptors (Lipinski definition) is 4. The molecule has 1 atom stereocenters. The molecule has 0 spiro atoms. The summed E-state index contributed by atoms with van der Waals surface area (Å²) in [4.78, 5) is 14.5. The third-order valence-corrected chi connectivity index (χ3v) is 3.82. The highest BCUT2D eigenvalue weighted by Gasteiger charge is 2.26. The van der Waals surface area contributed by atoms with Gasteiger partial charge in [0.25, 0.3) is 0 Å². The van der Waals surface area contributed by atoms with Crippen molar-refractivity contribution in [1.82, 2.24) is 10.2 Å². The van der Waals surface area contributed by atoms with Gasteiger partial charge >= 0.3 is 0 Å². The second-order valence-corrected chi connectivity index (χ2v) is 5.22. The van der Waals surface area contributed by atoms with E-state index in [0.29, 0.717) is 19.7 Å². The van der Waals surface area contributed by atoms with E-state index < -0.39 is 0 Å². The van der Waals surface area contributed by atoms with Gasteiger partial charge < -0.3 is 14.4 Å². The van der Waals surface area contributed by atoms with Gasteiger partial charge in [-0.25, -0.2) is 0 Å². The van der Waals surface area contributed by atoms with Crippen LogP contribution in [-0.2, 0) is 11.3 Å². The first-order valence-corrected chi connectivity index (χ1v) is 7.27. The number of fused-ring (bicyclic) bond motifs is 1. The lowest BCUT2D eigenvalue weighted by atomic mass is 10.1. The van der Waals surface area contributed by atoms with Crippen molar-refractivity contribution in [2.24, 2.45) is 0 Å². The van der Waals surface area contributed by atoms with Crippen molar-refractivity contribution >= 4 is 5.91 Å². The lowest BCUT2D eigenvalue weighted by molar-refractivity contribution is -0.133. The van der Waals surface area contributed by atoms with Crippen molar-refractivity contribution in [2.75, 3.05) is 26.8 Å². The molecule has 0 radical (unpaired) electrons. The Morgan fingerprint density at radius 3 is 3.14 bits per heavy atom. The van der Waals surface area contributed by atoms with Crippen LogP contribution in [0.1, 0.15) is 12.0 Å². The van der Waals surface area contributed by atoms with Crippen LogP contribution >= 0.6 is 0 Å². The first-order valence-electron chi connectivity index (χ1n) is 7.27. The normalized spacial score (nSPS) is 21.2. The molecule has 5 nitrogen and oxygen atoms in total. The highest BCUT2D eigenvalue weighted by atomic mass is 16.5. The fraction of sp³-hybridized carbons (Fsp3) is 0.438. The quantitative estimate of drug-likeness (QED) is 0.834. The Labute approximate surface area is 124 Å². The molecule has 0 bridgehead atoms. The Balaban J connectivity index is 1.84. The van der Waals surface area contributed by atoms with Gasteiger partial charge in [-0.3, -0.25) is 10.1 Å². The van der Waals surface area contributed by atoms with Crippen molar-refractivity contribution in [3.63, 3.8) is 0 Å². The summed E-state index contributed by atoms with van der Waals surface area (Å²) in [6.07, 6.45) is 4.75. The number of carbonyl (C=O) groups is 1. The van der Waals surface area contributed by atoms with Crippen LogP contribution in [0.15, 0.2) is 30.4 Å². The van der Waals surface area contributed by atoms with Gasteiger partial charge in [0.15, 0.2) is 11.5 Å². The Bertz CT molecular complexity index is 556. The van der Waals surface area contributed by atoms with Crippen LogP contribution in [0.5, 0.6) is 11.5 Å². The van der Waals surface area contributed by atoms with Gasteiger partial charge in [-0.1, -0.05) is 24.3 Å². The number of methoxy groups -OCH3 is 1. The number of hydrogen-bond donors (Lipinski definition) is 1. The summed E-state index contributed by atoms with van der Waals surface area (Å²) in [5, 5.41) is 3.18. The zero-order chi connectivity index (χ0) is 14.7. The molecule has 1 aromatic rings. The second-order valence-electron chi connectivity index (χ2n) is 5.22. The van der Waals surface area contributed by atoms with E-state index in [-0.39, 0.29) is 11.9 Å². The molecule has 0 aromatic heterocycles.